The molecule has 0 aliphatic heterocycles. The largest absolute Gasteiger partial charge is 0.352 e. The number of hydrogen-bond donors (Lipinski definition) is 2. The van der Waals surface area contributed by atoms with E-state index >= 15 is 0 Å². The van der Waals surface area contributed by atoms with Crippen molar-refractivity contribution in [3.8, 4) is 0 Å². The number of nitrogens with zero attached hydrogens (tertiary/aromatic N) is 2. The third-order valence-electron chi connectivity index (χ3n) is 3.59. The Morgan fingerprint density at radius 3 is 2.52 bits per heavy atom. The molecule has 2 aromatic rings. The summed E-state index contributed by atoms with van der Waals surface area (Å²) in [6.07, 6.45) is 1.12. The van der Waals surface area contributed by atoms with Crippen LogP contribution in [0.2, 0.25) is 0 Å². The number of sulfonamides is 1. The lowest BCUT2D eigenvalue weighted by atomic mass is 10.2. The molecule has 2 rings (SSSR count). The van der Waals surface area contributed by atoms with Gasteiger partial charge in [-0.2, -0.15) is 4.98 Å². The maximum Gasteiger partial charge on any atom is 0.251 e. The van der Waals surface area contributed by atoms with E-state index < -0.39 is 10.0 Å². The molecule has 1 atom stereocenters. The normalized spacial score (nSPS) is 12.8. The molecular weight excluding hydrogens is 344 g/mol. The number of carbonyl (C=O) groups excluding carboxylic acids is 1. The number of nitrogens with one attached hydrogen (secondary N) is 2. The minimum Gasteiger partial charge on any atom is -0.352 e. The second-order valence-corrected chi connectivity index (χ2v) is 7.41. The maximum atomic E-state index is 12.2. The zero-order chi connectivity index (χ0) is 18.4. The Morgan fingerprint density at radius 1 is 1.28 bits per heavy atom. The fourth-order valence-electron chi connectivity index (χ4n) is 2.03. The van der Waals surface area contributed by atoms with E-state index in [2.05, 4.69) is 20.2 Å². The van der Waals surface area contributed by atoms with E-state index in [9.17, 15) is 13.2 Å². The molecule has 136 valence electrons. The van der Waals surface area contributed by atoms with Gasteiger partial charge in [0.25, 0.3) is 5.91 Å². The Balaban J connectivity index is 1.93. The Labute approximate surface area is 147 Å². The molecule has 1 amide bonds. The smallest absolute Gasteiger partial charge is 0.251 e. The van der Waals surface area contributed by atoms with Gasteiger partial charge in [0.2, 0.25) is 15.9 Å². The van der Waals surface area contributed by atoms with Gasteiger partial charge in [0.1, 0.15) is 0 Å². The van der Waals surface area contributed by atoms with Crippen LogP contribution >= 0.6 is 0 Å². The molecule has 0 spiro atoms. The Bertz CT molecular complexity index is 815. The predicted molar refractivity (Wildman–Crippen MR) is 91.6 cm³/mol. The standard InChI is InChI=1S/C16H22N4O4S/c1-4-11(2)20-25(22,23)14-7-5-13(6-8-14)16(21)17-10-9-15-18-12(3)19-24-15/h5-8,11,20H,4,9-10H2,1-3H3,(H,17,21). The minimum atomic E-state index is -3.57. The summed E-state index contributed by atoms with van der Waals surface area (Å²) in [7, 11) is -3.57. The molecule has 0 saturated heterocycles. The molecule has 1 aromatic heterocycles. The third kappa shape index (κ3) is 5.36. The van der Waals surface area contributed by atoms with Gasteiger partial charge in [-0.15, -0.1) is 0 Å². The van der Waals surface area contributed by atoms with Crippen LogP contribution in [0.5, 0.6) is 0 Å². The lowest BCUT2D eigenvalue weighted by Gasteiger charge is -2.12. The van der Waals surface area contributed by atoms with Crippen LogP contribution in [-0.2, 0) is 16.4 Å². The van der Waals surface area contributed by atoms with Crippen molar-refractivity contribution in [3.63, 3.8) is 0 Å². The van der Waals surface area contributed by atoms with Crippen molar-refractivity contribution < 1.29 is 17.7 Å². The van der Waals surface area contributed by atoms with Crippen molar-refractivity contribution in [2.75, 3.05) is 6.54 Å². The van der Waals surface area contributed by atoms with E-state index in [1.54, 1.807) is 13.8 Å². The third-order valence-corrected chi connectivity index (χ3v) is 5.20. The zero-order valence-corrected chi connectivity index (χ0v) is 15.3. The zero-order valence-electron chi connectivity index (χ0n) is 14.4. The summed E-state index contributed by atoms with van der Waals surface area (Å²) in [6.45, 7) is 5.76. The molecule has 1 aromatic carbocycles. The first-order valence-electron chi connectivity index (χ1n) is 8.01. The summed E-state index contributed by atoms with van der Waals surface area (Å²) in [4.78, 5) is 16.3. The van der Waals surface area contributed by atoms with Crippen molar-refractivity contribution in [1.29, 1.82) is 0 Å². The first-order valence-corrected chi connectivity index (χ1v) is 9.50. The van der Waals surface area contributed by atoms with Gasteiger partial charge in [0.15, 0.2) is 5.82 Å². The number of carbonyl (C=O) groups is 1. The van der Waals surface area contributed by atoms with Gasteiger partial charge >= 0.3 is 0 Å². The first kappa shape index (κ1) is 19.1. The SMILES string of the molecule is CCC(C)NS(=O)(=O)c1ccc(C(=O)NCCc2nc(C)no2)cc1. The van der Waals surface area contributed by atoms with E-state index in [1.807, 2.05) is 6.92 Å². The average Bonchev–Trinajstić information content (AvgIpc) is 2.99. The fourth-order valence-corrected chi connectivity index (χ4v) is 3.36. The fraction of sp³-hybridized carbons (Fsp3) is 0.438. The van der Waals surface area contributed by atoms with Crippen LogP contribution in [0, 0.1) is 6.92 Å². The summed E-state index contributed by atoms with van der Waals surface area (Å²) in [5.41, 5.74) is 0.379. The molecule has 0 aliphatic carbocycles. The van der Waals surface area contributed by atoms with Crippen LogP contribution in [0.3, 0.4) is 0 Å². The first-order chi connectivity index (χ1) is 11.8. The van der Waals surface area contributed by atoms with Gasteiger partial charge in [0.05, 0.1) is 4.90 Å². The highest BCUT2D eigenvalue weighted by Crippen LogP contribution is 2.12. The second kappa shape index (κ2) is 8.21. The maximum absolute atomic E-state index is 12.2. The highest BCUT2D eigenvalue weighted by Gasteiger charge is 2.17. The average molecular weight is 366 g/mol. The van der Waals surface area contributed by atoms with Gasteiger partial charge in [-0.3, -0.25) is 4.79 Å². The molecule has 9 heteroatoms. The topological polar surface area (TPSA) is 114 Å². The number of aryl methyl sites for hydroxylation is 1. The monoisotopic (exact) mass is 366 g/mol. The summed E-state index contributed by atoms with van der Waals surface area (Å²) < 4.78 is 31.9. The van der Waals surface area contributed by atoms with Crippen LogP contribution < -0.4 is 10.0 Å². The highest BCUT2D eigenvalue weighted by molar-refractivity contribution is 7.89. The van der Waals surface area contributed by atoms with Crippen LogP contribution in [0.1, 0.15) is 42.3 Å². The highest BCUT2D eigenvalue weighted by atomic mass is 32.2. The van der Waals surface area contributed by atoms with Gasteiger partial charge in [-0.25, -0.2) is 13.1 Å². The van der Waals surface area contributed by atoms with E-state index in [0.717, 1.165) is 0 Å². The summed E-state index contributed by atoms with van der Waals surface area (Å²) in [6, 6.07) is 5.65. The number of aromatic nitrogens is 2. The van der Waals surface area contributed by atoms with Crippen LogP contribution in [-0.4, -0.2) is 37.1 Å². The Kier molecular flexibility index (Phi) is 6.27. The lowest BCUT2D eigenvalue weighted by Crippen LogP contribution is -2.32. The summed E-state index contributed by atoms with van der Waals surface area (Å²) in [5, 5.41) is 6.39. The van der Waals surface area contributed by atoms with Gasteiger partial charge in [0, 0.05) is 24.6 Å². The van der Waals surface area contributed by atoms with E-state index in [4.69, 9.17) is 4.52 Å². The molecule has 2 N–H and O–H groups in total. The van der Waals surface area contributed by atoms with Crippen molar-refractivity contribution in [2.24, 2.45) is 0 Å². The molecule has 0 saturated carbocycles. The molecule has 25 heavy (non-hydrogen) atoms. The van der Waals surface area contributed by atoms with Crippen molar-refractivity contribution in [3.05, 3.63) is 41.5 Å². The Hall–Kier alpha value is -2.26. The number of benzene rings is 1. The molecule has 8 nitrogen and oxygen atoms in total. The van der Waals surface area contributed by atoms with Gasteiger partial charge in [-0.05, 0) is 44.5 Å². The molecule has 1 heterocycles. The molecule has 0 fully saturated rings. The molecule has 0 aliphatic rings. The van der Waals surface area contributed by atoms with E-state index in [-0.39, 0.29) is 16.8 Å². The Morgan fingerprint density at radius 2 is 1.96 bits per heavy atom. The van der Waals surface area contributed by atoms with Crippen molar-refractivity contribution >= 4 is 15.9 Å². The van der Waals surface area contributed by atoms with E-state index in [1.165, 1.54) is 24.3 Å². The van der Waals surface area contributed by atoms with Crippen LogP contribution in [0.4, 0.5) is 0 Å². The minimum absolute atomic E-state index is 0.130. The van der Waals surface area contributed by atoms with Gasteiger partial charge < -0.3 is 9.84 Å². The van der Waals surface area contributed by atoms with E-state index in [0.29, 0.717) is 36.7 Å². The van der Waals surface area contributed by atoms with Crippen LogP contribution in [0.25, 0.3) is 0 Å². The summed E-state index contributed by atoms with van der Waals surface area (Å²) in [5.74, 6) is 0.703. The van der Waals surface area contributed by atoms with Crippen LogP contribution in [0.15, 0.2) is 33.7 Å². The summed E-state index contributed by atoms with van der Waals surface area (Å²) >= 11 is 0. The predicted octanol–water partition coefficient (Wildman–Crippen LogP) is 1.43. The number of rotatable bonds is 8. The molecule has 0 radical (unpaired) electrons. The molecule has 0 bridgehead atoms. The lowest BCUT2D eigenvalue weighted by molar-refractivity contribution is 0.0953. The molecule has 1 unspecified atom stereocenters. The van der Waals surface area contributed by atoms with Crippen molar-refractivity contribution in [1.82, 2.24) is 20.2 Å². The second-order valence-electron chi connectivity index (χ2n) is 5.70. The molecular formula is C16H22N4O4S. The van der Waals surface area contributed by atoms with Crippen molar-refractivity contribution in [2.45, 2.75) is 44.6 Å². The number of hydrogen-bond acceptors (Lipinski definition) is 6. The number of amides is 1. The van der Waals surface area contributed by atoms with Gasteiger partial charge in [-0.1, -0.05) is 12.1 Å². The quantitative estimate of drug-likeness (QED) is 0.730.